The van der Waals surface area contributed by atoms with Crippen LogP contribution in [0.2, 0.25) is 0 Å². The summed E-state index contributed by atoms with van der Waals surface area (Å²) in [5, 5.41) is 13.0. The topological polar surface area (TPSA) is 115 Å². The van der Waals surface area contributed by atoms with Gasteiger partial charge in [0.05, 0.1) is 19.0 Å². The zero-order valence-electron chi connectivity index (χ0n) is 12.3. The van der Waals surface area contributed by atoms with Crippen molar-refractivity contribution in [3.63, 3.8) is 0 Å². The number of carbonyl (C=O) groups excluding carboxylic acids is 1. The molecule has 0 saturated carbocycles. The number of methoxy groups -OCH3 is 1. The molecule has 0 bridgehead atoms. The van der Waals surface area contributed by atoms with Gasteiger partial charge in [-0.2, -0.15) is 15.4 Å². The number of amides is 1. The largest absolute Gasteiger partial charge is 0.493 e. The van der Waals surface area contributed by atoms with Gasteiger partial charge in [0.15, 0.2) is 11.5 Å². The fraction of sp³-hybridized carbons (Fsp3) is 0.357. The molecule has 2 aromatic rings. The van der Waals surface area contributed by atoms with Crippen LogP contribution in [-0.2, 0) is 6.42 Å². The second-order valence-electron chi connectivity index (χ2n) is 4.47. The van der Waals surface area contributed by atoms with Crippen molar-refractivity contribution in [3.8, 4) is 11.5 Å². The Hall–Kier alpha value is -2.61. The molecule has 0 spiro atoms. The van der Waals surface area contributed by atoms with Gasteiger partial charge < -0.3 is 20.5 Å². The van der Waals surface area contributed by atoms with E-state index in [4.69, 9.17) is 15.2 Å². The molecule has 8 nitrogen and oxygen atoms in total. The van der Waals surface area contributed by atoms with E-state index in [-0.39, 0.29) is 5.91 Å². The van der Waals surface area contributed by atoms with E-state index in [2.05, 4.69) is 20.7 Å². The van der Waals surface area contributed by atoms with Crippen LogP contribution in [0.3, 0.4) is 0 Å². The molecule has 0 atom stereocenters. The Kier molecular flexibility index (Phi) is 5.73. The number of rotatable bonds is 8. The molecule has 1 heterocycles. The van der Waals surface area contributed by atoms with Crippen LogP contribution in [0.5, 0.6) is 11.5 Å². The number of nitrogens with two attached hydrogens (primary N) is 1. The van der Waals surface area contributed by atoms with Gasteiger partial charge in [-0.1, -0.05) is 0 Å². The molecule has 0 radical (unpaired) electrons. The van der Waals surface area contributed by atoms with Gasteiger partial charge in [-0.25, -0.2) is 0 Å². The van der Waals surface area contributed by atoms with E-state index in [0.29, 0.717) is 43.2 Å². The molecule has 0 fully saturated rings. The Morgan fingerprint density at radius 1 is 1.41 bits per heavy atom. The summed E-state index contributed by atoms with van der Waals surface area (Å²) in [6, 6.07) is 5.01. The molecule has 1 aromatic heterocycles. The van der Waals surface area contributed by atoms with Crippen molar-refractivity contribution in [2.75, 3.05) is 26.8 Å². The van der Waals surface area contributed by atoms with Gasteiger partial charge in [0.25, 0.3) is 5.91 Å². The second-order valence-corrected chi connectivity index (χ2v) is 4.47. The summed E-state index contributed by atoms with van der Waals surface area (Å²) in [6.45, 7) is 1.21. The van der Waals surface area contributed by atoms with E-state index in [1.54, 1.807) is 31.5 Å². The van der Waals surface area contributed by atoms with E-state index >= 15 is 0 Å². The van der Waals surface area contributed by atoms with Gasteiger partial charge in [-0.05, 0) is 18.2 Å². The minimum atomic E-state index is -0.191. The number of aromatic amines is 1. The lowest BCUT2D eigenvalue weighted by molar-refractivity contribution is 0.0953. The smallest absolute Gasteiger partial charge is 0.251 e. The molecule has 1 aromatic carbocycles. The standard InChI is InChI=1S/C14H19N5O3/c1-21-12-3-2-10(8-13(12)22-7-5-15)14(20)16-6-4-11-9-17-19-18-11/h2-3,8-9H,4-7,15H2,1H3,(H,16,20)(H,17,18,19). The first-order valence-corrected chi connectivity index (χ1v) is 6.88. The first kappa shape index (κ1) is 15.8. The van der Waals surface area contributed by atoms with E-state index in [9.17, 15) is 4.79 Å². The number of benzene rings is 1. The van der Waals surface area contributed by atoms with Crippen LogP contribution in [0.25, 0.3) is 0 Å². The zero-order chi connectivity index (χ0) is 15.8. The third kappa shape index (κ3) is 4.19. The van der Waals surface area contributed by atoms with Gasteiger partial charge in [-0.3, -0.25) is 4.79 Å². The lowest BCUT2D eigenvalue weighted by Crippen LogP contribution is -2.25. The number of nitrogens with zero attached hydrogens (tertiary/aromatic N) is 2. The molecule has 0 aliphatic heterocycles. The van der Waals surface area contributed by atoms with Crippen LogP contribution in [0, 0.1) is 0 Å². The normalized spacial score (nSPS) is 10.3. The fourth-order valence-electron chi connectivity index (χ4n) is 1.85. The van der Waals surface area contributed by atoms with Crippen LogP contribution >= 0.6 is 0 Å². The Balaban J connectivity index is 1.96. The Bertz CT molecular complexity index is 601. The molecule has 4 N–H and O–H groups in total. The second kappa shape index (κ2) is 7.99. The number of hydrogen-bond acceptors (Lipinski definition) is 6. The Labute approximate surface area is 128 Å². The highest BCUT2D eigenvalue weighted by atomic mass is 16.5. The molecule has 0 unspecified atom stereocenters. The van der Waals surface area contributed by atoms with E-state index < -0.39 is 0 Å². The lowest BCUT2D eigenvalue weighted by Gasteiger charge is -2.11. The molecule has 8 heteroatoms. The first-order chi connectivity index (χ1) is 10.7. The molecule has 0 saturated heterocycles. The quantitative estimate of drug-likeness (QED) is 0.638. The van der Waals surface area contributed by atoms with Crippen LogP contribution in [0.1, 0.15) is 16.1 Å². The maximum absolute atomic E-state index is 12.1. The highest BCUT2D eigenvalue weighted by molar-refractivity contribution is 5.94. The van der Waals surface area contributed by atoms with Gasteiger partial charge >= 0.3 is 0 Å². The maximum Gasteiger partial charge on any atom is 0.251 e. The van der Waals surface area contributed by atoms with Crippen molar-refractivity contribution in [1.82, 2.24) is 20.7 Å². The van der Waals surface area contributed by atoms with Gasteiger partial charge in [-0.15, -0.1) is 0 Å². The Morgan fingerprint density at radius 2 is 2.27 bits per heavy atom. The summed E-state index contributed by atoms with van der Waals surface area (Å²) in [4.78, 5) is 12.1. The minimum absolute atomic E-state index is 0.191. The summed E-state index contributed by atoms with van der Waals surface area (Å²) >= 11 is 0. The predicted molar refractivity (Wildman–Crippen MR) is 80.0 cm³/mol. The molecular formula is C14H19N5O3. The number of hydrogen-bond donors (Lipinski definition) is 3. The summed E-state index contributed by atoms with van der Waals surface area (Å²) in [7, 11) is 1.54. The third-order valence-corrected chi connectivity index (χ3v) is 2.93. The average molecular weight is 305 g/mol. The van der Waals surface area contributed by atoms with Crippen molar-refractivity contribution in [2.45, 2.75) is 6.42 Å². The third-order valence-electron chi connectivity index (χ3n) is 2.93. The number of carbonyl (C=O) groups is 1. The minimum Gasteiger partial charge on any atom is -0.493 e. The maximum atomic E-state index is 12.1. The zero-order valence-corrected chi connectivity index (χ0v) is 12.3. The van der Waals surface area contributed by atoms with Gasteiger partial charge in [0.1, 0.15) is 6.61 Å². The lowest BCUT2D eigenvalue weighted by atomic mass is 10.2. The summed E-state index contributed by atoms with van der Waals surface area (Å²) in [5.74, 6) is 0.869. The van der Waals surface area contributed by atoms with Crippen molar-refractivity contribution in [2.24, 2.45) is 5.73 Å². The molecule has 22 heavy (non-hydrogen) atoms. The Morgan fingerprint density at radius 3 is 2.95 bits per heavy atom. The monoisotopic (exact) mass is 305 g/mol. The average Bonchev–Trinajstić information content (AvgIpc) is 3.05. The fourth-order valence-corrected chi connectivity index (χ4v) is 1.85. The molecular weight excluding hydrogens is 286 g/mol. The number of ether oxygens (including phenoxy) is 2. The van der Waals surface area contributed by atoms with Crippen molar-refractivity contribution >= 4 is 5.91 Å². The molecule has 0 aliphatic carbocycles. The highest BCUT2D eigenvalue weighted by Crippen LogP contribution is 2.27. The first-order valence-electron chi connectivity index (χ1n) is 6.88. The van der Waals surface area contributed by atoms with Crippen molar-refractivity contribution in [1.29, 1.82) is 0 Å². The summed E-state index contributed by atoms with van der Waals surface area (Å²) in [6.07, 6.45) is 2.23. The van der Waals surface area contributed by atoms with Crippen LogP contribution in [-0.4, -0.2) is 48.1 Å². The van der Waals surface area contributed by atoms with Crippen LogP contribution in [0.15, 0.2) is 24.4 Å². The summed E-state index contributed by atoms with van der Waals surface area (Å²) < 4.78 is 10.7. The number of nitrogens with one attached hydrogen (secondary N) is 2. The van der Waals surface area contributed by atoms with Gasteiger partial charge in [0, 0.05) is 25.1 Å². The van der Waals surface area contributed by atoms with Crippen LogP contribution in [0.4, 0.5) is 0 Å². The SMILES string of the molecule is COc1ccc(C(=O)NCCc2cn[nH]n2)cc1OCCN. The van der Waals surface area contributed by atoms with E-state index in [1.807, 2.05) is 0 Å². The highest BCUT2D eigenvalue weighted by Gasteiger charge is 2.11. The molecule has 118 valence electrons. The van der Waals surface area contributed by atoms with E-state index in [1.165, 1.54) is 0 Å². The van der Waals surface area contributed by atoms with Crippen molar-refractivity contribution < 1.29 is 14.3 Å². The van der Waals surface area contributed by atoms with E-state index in [0.717, 1.165) is 5.69 Å². The molecule has 2 rings (SSSR count). The van der Waals surface area contributed by atoms with Crippen molar-refractivity contribution in [3.05, 3.63) is 35.7 Å². The molecule has 1 amide bonds. The predicted octanol–water partition coefficient (Wildman–Crippen LogP) is 0.123. The summed E-state index contributed by atoms with van der Waals surface area (Å²) in [5.41, 5.74) is 6.71. The number of H-pyrrole nitrogens is 1. The van der Waals surface area contributed by atoms with Gasteiger partial charge in [0.2, 0.25) is 0 Å². The molecule has 0 aliphatic rings. The van der Waals surface area contributed by atoms with Crippen LogP contribution < -0.4 is 20.5 Å². The number of aromatic nitrogens is 3.